The quantitative estimate of drug-likeness (QED) is 0.121. The van der Waals surface area contributed by atoms with E-state index in [-0.39, 0.29) is 5.92 Å². The van der Waals surface area contributed by atoms with Crippen LogP contribution >= 0.6 is 0 Å². The Labute approximate surface area is 358 Å². The third-order valence-electron chi connectivity index (χ3n) is 13.5. The van der Waals surface area contributed by atoms with E-state index in [2.05, 4.69) is 217 Å². The summed E-state index contributed by atoms with van der Waals surface area (Å²) < 4.78 is 0. The highest BCUT2D eigenvalue weighted by atomic mass is 14.3. The summed E-state index contributed by atoms with van der Waals surface area (Å²) in [4.78, 5) is 0. The standard InChI is InChI=1S/C61H48/c1-36-31-38(3)54(39(4)32-36)57-46-23-11-15-27-50(46)59(51-28-16-12-24-47(51)57)61(56-44-21-9-7-19-42(44)35-43-20-8-10-22-45(43)56)60-52-29-17-13-25-48(52)58(49-26-14-18-30-53(49)60)55-40(5)33-37(2)34-41(55)6/h7-35,61H,1-6H3. The first-order valence-electron chi connectivity index (χ1n) is 21.7. The van der Waals surface area contributed by atoms with Crippen LogP contribution in [0, 0.1) is 41.5 Å². The second kappa shape index (κ2) is 14.3. The van der Waals surface area contributed by atoms with Crippen LogP contribution in [0.5, 0.6) is 0 Å². The number of aryl methyl sites for hydroxylation is 6. The molecule has 0 bridgehead atoms. The molecule has 0 N–H and O–H groups in total. The SMILES string of the molecule is Cc1cc(C)c(-c2c3ccccc3c(C(c3c4ccccc4cc4ccccc34)c3c4ccccc4c(-c4c(C)cc(C)cc4C)c4ccccc34)c3ccccc23)c(C)c1. The fraction of sp³-hybridized carbons (Fsp3) is 0.115. The van der Waals surface area contributed by atoms with Gasteiger partial charge in [-0.1, -0.05) is 181 Å². The Bertz CT molecular complexity index is 3200. The Hall–Kier alpha value is -7.02. The van der Waals surface area contributed by atoms with Gasteiger partial charge in [-0.05, 0) is 173 Å². The molecule has 61 heavy (non-hydrogen) atoms. The van der Waals surface area contributed by atoms with Crippen molar-refractivity contribution in [3.8, 4) is 22.3 Å². The summed E-state index contributed by atoms with van der Waals surface area (Å²) >= 11 is 0. The van der Waals surface area contributed by atoms with Crippen LogP contribution in [0.1, 0.15) is 56.0 Å². The van der Waals surface area contributed by atoms with Crippen molar-refractivity contribution in [2.45, 2.75) is 47.5 Å². The van der Waals surface area contributed by atoms with Crippen LogP contribution in [-0.2, 0) is 0 Å². The summed E-state index contributed by atoms with van der Waals surface area (Å²) in [5, 5.41) is 15.4. The van der Waals surface area contributed by atoms with E-state index in [0.717, 1.165) is 0 Å². The minimum Gasteiger partial charge on any atom is -0.0616 e. The molecule has 0 unspecified atom stereocenters. The summed E-state index contributed by atoms with van der Waals surface area (Å²) in [5.41, 5.74) is 17.2. The van der Waals surface area contributed by atoms with Crippen molar-refractivity contribution in [2.24, 2.45) is 0 Å². The third kappa shape index (κ3) is 5.73. The van der Waals surface area contributed by atoms with Crippen molar-refractivity contribution < 1.29 is 0 Å². The topological polar surface area (TPSA) is 0 Å². The lowest BCUT2D eigenvalue weighted by Crippen LogP contribution is -2.10. The van der Waals surface area contributed by atoms with Gasteiger partial charge < -0.3 is 0 Å². The maximum atomic E-state index is 2.40. The molecular formula is C61H48. The molecule has 0 aliphatic heterocycles. The number of benzene rings is 11. The first-order chi connectivity index (χ1) is 29.8. The highest BCUT2D eigenvalue weighted by Crippen LogP contribution is 2.53. The van der Waals surface area contributed by atoms with Gasteiger partial charge in [0.2, 0.25) is 0 Å². The normalized spacial score (nSPS) is 11.9. The first kappa shape index (κ1) is 37.0. The van der Waals surface area contributed by atoms with Gasteiger partial charge in [-0.3, -0.25) is 0 Å². The molecule has 0 spiro atoms. The molecule has 11 aromatic carbocycles. The predicted molar refractivity (Wildman–Crippen MR) is 265 cm³/mol. The summed E-state index contributed by atoms with van der Waals surface area (Å²) in [6.07, 6.45) is 0. The van der Waals surface area contributed by atoms with Gasteiger partial charge >= 0.3 is 0 Å². The van der Waals surface area contributed by atoms with Crippen molar-refractivity contribution >= 4 is 64.6 Å². The van der Waals surface area contributed by atoms with Gasteiger partial charge in [0.25, 0.3) is 0 Å². The predicted octanol–water partition coefficient (Wildman–Crippen LogP) is 17.0. The molecule has 11 aromatic rings. The molecule has 0 atom stereocenters. The van der Waals surface area contributed by atoms with Gasteiger partial charge in [0.15, 0.2) is 0 Å². The van der Waals surface area contributed by atoms with Crippen LogP contribution < -0.4 is 0 Å². The van der Waals surface area contributed by atoms with Crippen LogP contribution in [0.15, 0.2) is 176 Å². The lowest BCUT2D eigenvalue weighted by Gasteiger charge is -2.30. The van der Waals surface area contributed by atoms with Crippen molar-refractivity contribution in [1.29, 1.82) is 0 Å². The lowest BCUT2D eigenvalue weighted by atomic mass is 9.72. The second-order valence-electron chi connectivity index (χ2n) is 17.5. The van der Waals surface area contributed by atoms with E-state index in [0.29, 0.717) is 0 Å². The molecule has 0 saturated carbocycles. The molecule has 0 aliphatic carbocycles. The molecule has 0 radical (unpaired) electrons. The molecule has 0 aromatic heterocycles. The highest BCUT2D eigenvalue weighted by Gasteiger charge is 2.32. The largest absolute Gasteiger partial charge is 0.0616 e. The fourth-order valence-corrected chi connectivity index (χ4v) is 11.4. The minimum absolute atomic E-state index is 0.149. The van der Waals surface area contributed by atoms with Crippen LogP contribution in [0.4, 0.5) is 0 Å². The molecule has 0 heteroatoms. The Morgan fingerprint density at radius 2 is 0.492 bits per heavy atom. The zero-order valence-corrected chi connectivity index (χ0v) is 35.8. The highest BCUT2D eigenvalue weighted by molar-refractivity contribution is 6.20. The van der Waals surface area contributed by atoms with Crippen molar-refractivity contribution in [2.75, 3.05) is 0 Å². The fourth-order valence-electron chi connectivity index (χ4n) is 11.4. The van der Waals surface area contributed by atoms with Crippen LogP contribution in [0.2, 0.25) is 0 Å². The number of hydrogen-bond acceptors (Lipinski definition) is 0. The Morgan fingerprint density at radius 1 is 0.246 bits per heavy atom. The van der Waals surface area contributed by atoms with Gasteiger partial charge in [0.05, 0.1) is 0 Å². The monoisotopic (exact) mass is 780 g/mol. The van der Waals surface area contributed by atoms with E-state index >= 15 is 0 Å². The van der Waals surface area contributed by atoms with E-state index in [1.165, 1.54) is 137 Å². The van der Waals surface area contributed by atoms with E-state index in [9.17, 15) is 0 Å². The van der Waals surface area contributed by atoms with Crippen LogP contribution in [-0.4, -0.2) is 0 Å². The molecule has 11 rings (SSSR count). The molecule has 0 fully saturated rings. The smallest absolute Gasteiger partial charge is 0.0376 e. The van der Waals surface area contributed by atoms with Crippen LogP contribution in [0.25, 0.3) is 86.9 Å². The summed E-state index contributed by atoms with van der Waals surface area (Å²) in [7, 11) is 0. The Kier molecular flexibility index (Phi) is 8.69. The first-order valence-corrected chi connectivity index (χ1v) is 21.7. The zero-order valence-electron chi connectivity index (χ0n) is 35.8. The molecule has 0 amide bonds. The molecule has 0 nitrogen and oxygen atoms in total. The molecule has 292 valence electrons. The summed E-state index contributed by atoms with van der Waals surface area (Å²) in [6.45, 7) is 13.6. The van der Waals surface area contributed by atoms with Crippen molar-refractivity contribution in [1.82, 2.24) is 0 Å². The van der Waals surface area contributed by atoms with Gasteiger partial charge in [-0.25, -0.2) is 0 Å². The number of rotatable bonds is 5. The average molecular weight is 781 g/mol. The Morgan fingerprint density at radius 3 is 0.803 bits per heavy atom. The zero-order chi connectivity index (χ0) is 41.5. The van der Waals surface area contributed by atoms with E-state index < -0.39 is 0 Å². The van der Waals surface area contributed by atoms with Crippen molar-refractivity contribution in [3.05, 3.63) is 226 Å². The molecular weight excluding hydrogens is 733 g/mol. The molecule has 0 saturated heterocycles. The van der Waals surface area contributed by atoms with Gasteiger partial charge in [0.1, 0.15) is 0 Å². The average Bonchev–Trinajstić information content (AvgIpc) is 3.26. The maximum absolute atomic E-state index is 2.40. The Balaban J connectivity index is 1.40. The second-order valence-corrected chi connectivity index (χ2v) is 17.5. The summed E-state index contributed by atoms with van der Waals surface area (Å²) in [6, 6.07) is 67.0. The van der Waals surface area contributed by atoms with Crippen molar-refractivity contribution in [3.63, 3.8) is 0 Å². The van der Waals surface area contributed by atoms with E-state index in [1.807, 2.05) is 0 Å². The lowest BCUT2D eigenvalue weighted by molar-refractivity contribution is 1.05. The molecule has 0 heterocycles. The third-order valence-corrected chi connectivity index (χ3v) is 13.5. The minimum atomic E-state index is -0.149. The van der Waals surface area contributed by atoms with Gasteiger partial charge in [-0.2, -0.15) is 0 Å². The van der Waals surface area contributed by atoms with E-state index in [4.69, 9.17) is 0 Å². The number of fused-ring (bicyclic) bond motifs is 6. The van der Waals surface area contributed by atoms with Gasteiger partial charge in [-0.15, -0.1) is 0 Å². The number of hydrogen-bond donors (Lipinski definition) is 0. The molecule has 0 aliphatic rings. The maximum Gasteiger partial charge on any atom is 0.0376 e. The van der Waals surface area contributed by atoms with E-state index in [1.54, 1.807) is 0 Å². The van der Waals surface area contributed by atoms with Gasteiger partial charge in [0, 0.05) is 5.92 Å². The van der Waals surface area contributed by atoms with Crippen LogP contribution in [0.3, 0.4) is 0 Å². The summed E-state index contributed by atoms with van der Waals surface area (Å²) in [5.74, 6) is -0.149.